The van der Waals surface area contributed by atoms with Crippen LogP contribution < -0.4 is 9.47 Å². The van der Waals surface area contributed by atoms with Gasteiger partial charge in [-0.2, -0.15) is 5.26 Å². The van der Waals surface area contributed by atoms with E-state index in [1.807, 2.05) is 0 Å². The van der Waals surface area contributed by atoms with Crippen LogP contribution in [0, 0.1) is 11.3 Å². The molecule has 0 fully saturated rings. The Kier molecular flexibility index (Phi) is 6.93. The highest BCUT2D eigenvalue weighted by atomic mass is 35.5. The van der Waals surface area contributed by atoms with Gasteiger partial charge in [-0.1, -0.05) is 6.07 Å². The van der Waals surface area contributed by atoms with Crippen molar-refractivity contribution in [3.05, 3.63) is 29.3 Å². The molecule has 0 spiro atoms. The van der Waals surface area contributed by atoms with Gasteiger partial charge in [0, 0.05) is 0 Å². The molecule has 0 unspecified atom stereocenters. The number of nitriles is 1. The quantitative estimate of drug-likeness (QED) is 0.262. The van der Waals surface area contributed by atoms with E-state index in [-0.39, 0.29) is 29.6 Å². The van der Waals surface area contributed by atoms with Crippen LogP contribution in [0.1, 0.15) is 12.5 Å². The van der Waals surface area contributed by atoms with Crippen LogP contribution in [0.2, 0.25) is 0 Å². The van der Waals surface area contributed by atoms with Crippen LogP contribution in [0.3, 0.4) is 0 Å². The average molecular weight is 324 g/mol. The zero-order valence-electron chi connectivity index (χ0n) is 12.1. The number of methoxy groups -OCH3 is 1. The zero-order valence-corrected chi connectivity index (χ0v) is 12.8. The normalized spacial score (nSPS) is 10.5. The van der Waals surface area contributed by atoms with Crippen LogP contribution >= 0.6 is 11.6 Å². The molecule has 0 amide bonds. The number of ether oxygens (including phenoxy) is 3. The van der Waals surface area contributed by atoms with E-state index in [0.717, 1.165) is 0 Å². The highest BCUT2D eigenvalue weighted by Gasteiger charge is 2.12. The van der Waals surface area contributed by atoms with Crippen molar-refractivity contribution in [2.75, 3.05) is 19.6 Å². The number of alkyl halides is 1. The summed E-state index contributed by atoms with van der Waals surface area (Å²) in [5.74, 6) is -1.14. The second-order valence-electron chi connectivity index (χ2n) is 3.91. The summed E-state index contributed by atoms with van der Waals surface area (Å²) in [5.41, 5.74) is 0.376. The lowest BCUT2D eigenvalue weighted by Gasteiger charge is -2.09. The highest BCUT2D eigenvalue weighted by Crippen LogP contribution is 2.29. The number of nitrogens with zero attached hydrogens (tertiary/aromatic N) is 1. The lowest BCUT2D eigenvalue weighted by Crippen LogP contribution is -2.09. The Balaban J connectivity index is 3.09. The lowest BCUT2D eigenvalue weighted by atomic mass is 10.1. The van der Waals surface area contributed by atoms with Gasteiger partial charge >= 0.3 is 11.9 Å². The van der Waals surface area contributed by atoms with E-state index in [2.05, 4.69) is 0 Å². The van der Waals surface area contributed by atoms with E-state index in [1.54, 1.807) is 19.1 Å². The Morgan fingerprint density at radius 2 is 2.09 bits per heavy atom. The molecule has 0 radical (unpaired) electrons. The summed E-state index contributed by atoms with van der Waals surface area (Å²) in [6, 6.07) is 6.34. The predicted molar refractivity (Wildman–Crippen MR) is 79.6 cm³/mol. The fraction of sp³-hybridized carbons (Fsp3) is 0.267. The van der Waals surface area contributed by atoms with Crippen LogP contribution in [-0.4, -0.2) is 31.5 Å². The molecule has 1 aromatic carbocycles. The number of rotatable bonds is 6. The van der Waals surface area contributed by atoms with Gasteiger partial charge in [-0.3, -0.25) is 4.79 Å². The van der Waals surface area contributed by atoms with Crippen molar-refractivity contribution in [3.63, 3.8) is 0 Å². The molecule has 1 aromatic rings. The first kappa shape index (κ1) is 17.5. The van der Waals surface area contributed by atoms with Gasteiger partial charge in [-0.05, 0) is 30.7 Å². The molecule has 116 valence electrons. The van der Waals surface area contributed by atoms with Crippen molar-refractivity contribution in [1.29, 1.82) is 5.26 Å². The molecule has 6 nitrogen and oxygen atoms in total. The van der Waals surface area contributed by atoms with Gasteiger partial charge in [0.2, 0.25) is 0 Å². The minimum absolute atomic E-state index is 0.144. The van der Waals surface area contributed by atoms with Crippen molar-refractivity contribution in [2.24, 2.45) is 0 Å². The first-order valence-electron chi connectivity index (χ1n) is 6.29. The summed E-state index contributed by atoms with van der Waals surface area (Å²) >= 11 is 5.37. The summed E-state index contributed by atoms with van der Waals surface area (Å²) < 4.78 is 14.9. The topological polar surface area (TPSA) is 85.6 Å². The van der Waals surface area contributed by atoms with Gasteiger partial charge in [0.15, 0.2) is 11.5 Å². The van der Waals surface area contributed by atoms with Crippen LogP contribution in [0.15, 0.2) is 23.8 Å². The molecule has 0 saturated heterocycles. The SMILES string of the molecule is CCOC(=O)/C(C#N)=C/c1ccc(OC(=O)CCl)c(OC)c1. The Labute approximate surface area is 132 Å². The summed E-state index contributed by atoms with van der Waals surface area (Å²) in [7, 11) is 1.40. The molecular formula is C15H14ClNO5. The first-order valence-corrected chi connectivity index (χ1v) is 6.82. The minimum Gasteiger partial charge on any atom is -0.493 e. The molecule has 0 aromatic heterocycles. The standard InChI is InChI=1S/C15H14ClNO5/c1-3-21-15(19)11(9-17)6-10-4-5-12(13(7-10)20-2)22-14(18)8-16/h4-7H,3,8H2,1-2H3/b11-6+. The summed E-state index contributed by atoms with van der Waals surface area (Å²) in [4.78, 5) is 22.7. The van der Waals surface area contributed by atoms with Gasteiger partial charge < -0.3 is 14.2 Å². The van der Waals surface area contributed by atoms with E-state index < -0.39 is 11.9 Å². The maximum absolute atomic E-state index is 11.6. The molecule has 22 heavy (non-hydrogen) atoms. The number of esters is 2. The van der Waals surface area contributed by atoms with Gasteiger partial charge in [0.1, 0.15) is 17.5 Å². The number of benzene rings is 1. The minimum atomic E-state index is -0.707. The molecule has 0 aliphatic carbocycles. The molecule has 7 heteroatoms. The smallest absolute Gasteiger partial charge is 0.348 e. The van der Waals surface area contributed by atoms with Crippen LogP contribution in [-0.2, 0) is 14.3 Å². The third-order valence-corrected chi connectivity index (χ3v) is 2.67. The molecule has 0 atom stereocenters. The fourth-order valence-electron chi connectivity index (χ4n) is 1.52. The van der Waals surface area contributed by atoms with Crippen molar-refractivity contribution in [3.8, 4) is 17.6 Å². The van der Waals surface area contributed by atoms with Crippen LogP contribution in [0.4, 0.5) is 0 Å². The summed E-state index contributed by atoms with van der Waals surface area (Å²) in [6.45, 7) is 1.82. The number of carbonyl (C=O) groups excluding carboxylic acids is 2. The third-order valence-electron chi connectivity index (χ3n) is 2.45. The monoisotopic (exact) mass is 323 g/mol. The second kappa shape index (κ2) is 8.70. The van der Waals surface area contributed by atoms with Gasteiger partial charge in [0.05, 0.1) is 13.7 Å². The zero-order chi connectivity index (χ0) is 16.5. The Morgan fingerprint density at radius 3 is 2.64 bits per heavy atom. The number of hydrogen-bond donors (Lipinski definition) is 0. The molecule has 0 heterocycles. The maximum atomic E-state index is 11.6. The van der Waals surface area contributed by atoms with Crippen molar-refractivity contribution >= 4 is 29.6 Å². The summed E-state index contributed by atoms with van der Waals surface area (Å²) in [6.07, 6.45) is 1.35. The molecule has 0 N–H and O–H groups in total. The van der Waals surface area contributed by atoms with E-state index in [0.29, 0.717) is 5.56 Å². The van der Waals surface area contributed by atoms with E-state index in [4.69, 9.17) is 31.1 Å². The molecule has 0 saturated carbocycles. The Bertz CT molecular complexity index is 633. The number of halogens is 1. The van der Waals surface area contributed by atoms with Crippen molar-refractivity contribution in [2.45, 2.75) is 6.92 Å². The van der Waals surface area contributed by atoms with E-state index >= 15 is 0 Å². The average Bonchev–Trinajstić information content (AvgIpc) is 2.53. The second-order valence-corrected chi connectivity index (χ2v) is 4.18. The number of carbonyl (C=O) groups is 2. The molecule has 0 aliphatic heterocycles. The predicted octanol–water partition coefficient (Wildman–Crippen LogP) is 2.31. The van der Waals surface area contributed by atoms with Gasteiger partial charge in [-0.25, -0.2) is 4.79 Å². The van der Waals surface area contributed by atoms with Crippen LogP contribution in [0.25, 0.3) is 6.08 Å². The van der Waals surface area contributed by atoms with Crippen molar-refractivity contribution in [1.82, 2.24) is 0 Å². The van der Waals surface area contributed by atoms with Crippen LogP contribution in [0.5, 0.6) is 11.5 Å². The maximum Gasteiger partial charge on any atom is 0.348 e. The van der Waals surface area contributed by atoms with E-state index in [9.17, 15) is 9.59 Å². The van der Waals surface area contributed by atoms with Crippen molar-refractivity contribution < 1.29 is 23.8 Å². The largest absolute Gasteiger partial charge is 0.493 e. The molecule has 1 rings (SSSR count). The lowest BCUT2D eigenvalue weighted by molar-refractivity contribution is -0.138. The van der Waals surface area contributed by atoms with Gasteiger partial charge in [0.25, 0.3) is 0 Å². The molecular weight excluding hydrogens is 310 g/mol. The Hall–Kier alpha value is -2.52. The van der Waals surface area contributed by atoms with Gasteiger partial charge in [-0.15, -0.1) is 11.6 Å². The first-order chi connectivity index (χ1) is 10.5. The van der Waals surface area contributed by atoms with E-state index in [1.165, 1.54) is 25.3 Å². The molecule has 0 bridgehead atoms. The third kappa shape index (κ3) is 4.79. The fourth-order valence-corrected chi connectivity index (χ4v) is 1.58. The highest BCUT2D eigenvalue weighted by molar-refractivity contribution is 6.26. The Morgan fingerprint density at radius 1 is 1.36 bits per heavy atom. The molecule has 0 aliphatic rings. The summed E-state index contributed by atoms with van der Waals surface area (Å²) in [5, 5.41) is 8.98. The number of hydrogen-bond acceptors (Lipinski definition) is 6.